The van der Waals surface area contributed by atoms with Gasteiger partial charge in [-0.3, -0.25) is 0 Å². The average Bonchev–Trinajstić information content (AvgIpc) is 2.96. The summed E-state index contributed by atoms with van der Waals surface area (Å²) in [4.78, 5) is -0.395. The van der Waals surface area contributed by atoms with Crippen LogP contribution < -0.4 is 0 Å². The van der Waals surface area contributed by atoms with Crippen LogP contribution in [0, 0.1) is 20.8 Å². The summed E-state index contributed by atoms with van der Waals surface area (Å²) in [5.41, 5.74) is 1.97. The van der Waals surface area contributed by atoms with E-state index in [0.717, 1.165) is 15.7 Å². The highest BCUT2D eigenvalue weighted by molar-refractivity contribution is 7.89. The molecule has 2 aromatic carbocycles. The van der Waals surface area contributed by atoms with Crippen molar-refractivity contribution < 1.29 is 21.6 Å². The maximum Gasteiger partial charge on any atom is 0.416 e. The molecule has 3 rings (SSSR count). The summed E-state index contributed by atoms with van der Waals surface area (Å²) in [5, 5.41) is 4.49. The SMILES string of the molecule is Cc1ccc(S(=O)(=O)N(C)Cc2c(C)nn(-c3ccccc3)c2C)cc1C(F)(F)F. The maximum atomic E-state index is 13.2. The number of halogens is 3. The highest BCUT2D eigenvalue weighted by Crippen LogP contribution is 2.34. The molecule has 0 radical (unpaired) electrons. The van der Waals surface area contributed by atoms with Crippen molar-refractivity contribution >= 4 is 10.0 Å². The van der Waals surface area contributed by atoms with Crippen molar-refractivity contribution in [3.05, 3.63) is 76.6 Å². The Hall–Kier alpha value is -2.65. The molecule has 160 valence electrons. The zero-order valence-corrected chi connectivity index (χ0v) is 17.8. The second kappa shape index (κ2) is 7.88. The van der Waals surface area contributed by atoms with Gasteiger partial charge in [-0.1, -0.05) is 24.3 Å². The Kier molecular flexibility index (Phi) is 5.79. The second-order valence-corrected chi connectivity index (χ2v) is 9.18. The first-order chi connectivity index (χ1) is 13.9. The van der Waals surface area contributed by atoms with Crippen LogP contribution in [0.4, 0.5) is 13.2 Å². The van der Waals surface area contributed by atoms with Gasteiger partial charge in [-0.15, -0.1) is 0 Å². The number of nitrogens with zero attached hydrogens (tertiary/aromatic N) is 3. The van der Waals surface area contributed by atoms with Crippen LogP contribution in [0.5, 0.6) is 0 Å². The van der Waals surface area contributed by atoms with E-state index in [2.05, 4.69) is 5.10 Å². The van der Waals surface area contributed by atoms with Gasteiger partial charge in [0.05, 0.1) is 21.8 Å². The van der Waals surface area contributed by atoms with E-state index in [-0.39, 0.29) is 12.1 Å². The summed E-state index contributed by atoms with van der Waals surface area (Å²) < 4.78 is 68.3. The quantitative estimate of drug-likeness (QED) is 0.585. The molecule has 0 aliphatic rings. The van der Waals surface area contributed by atoms with Gasteiger partial charge in [0.15, 0.2) is 0 Å². The number of rotatable bonds is 5. The Morgan fingerprint density at radius 2 is 1.67 bits per heavy atom. The zero-order chi connectivity index (χ0) is 22.3. The van der Waals surface area contributed by atoms with Gasteiger partial charge in [0.25, 0.3) is 0 Å². The first kappa shape index (κ1) is 22.0. The minimum atomic E-state index is -4.63. The fraction of sp³-hybridized carbons (Fsp3) is 0.286. The summed E-state index contributed by atoms with van der Waals surface area (Å²) in [6.45, 7) is 4.89. The molecule has 0 atom stereocenters. The van der Waals surface area contributed by atoms with E-state index in [9.17, 15) is 21.6 Å². The molecule has 30 heavy (non-hydrogen) atoms. The monoisotopic (exact) mass is 437 g/mol. The predicted molar refractivity (Wildman–Crippen MR) is 108 cm³/mol. The third-order valence-corrected chi connectivity index (χ3v) is 6.84. The third-order valence-electron chi connectivity index (χ3n) is 5.05. The number of hydrogen-bond donors (Lipinski definition) is 0. The second-order valence-electron chi connectivity index (χ2n) is 7.13. The Labute approximate surface area is 173 Å². The topological polar surface area (TPSA) is 55.2 Å². The van der Waals surface area contributed by atoms with E-state index in [1.807, 2.05) is 37.3 Å². The number of benzene rings is 2. The maximum absolute atomic E-state index is 13.2. The van der Waals surface area contributed by atoms with Crippen molar-refractivity contribution in [2.75, 3.05) is 7.05 Å². The molecule has 0 spiro atoms. The Bertz CT molecular complexity index is 1170. The molecule has 0 bridgehead atoms. The molecular formula is C21H22F3N3O2S. The number of alkyl halides is 3. The van der Waals surface area contributed by atoms with Gasteiger partial charge in [0, 0.05) is 24.8 Å². The van der Waals surface area contributed by atoms with Gasteiger partial charge >= 0.3 is 6.18 Å². The molecule has 1 aromatic heterocycles. The molecule has 5 nitrogen and oxygen atoms in total. The summed E-state index contributed by atoms with van der Waals surface area (Å²) in [7, 11) is -2.78. The summed E-state index contributed by atoms with van der Waals surface area (Å²) >= 11 is 0. The minimum Gasteiger partial charge on any atom is -0.238 e. The molecule has 0 aliphatic heterocycles. The van der Waals surface area contributed by atoms with Crippen LogP contribution in [0.25, 0.3) is 5.69 Å². The lowest BCUT2D eigenvalue weighted by molar-refractivity contribution is -0.138. The first-order valence-electron chi connectivity index (χ1n) is 9.17. The van der Waals surface area contributed by atoms with E-state index < -0.39 is 26.7 Å². The number of para-hydroxylation sites is 1. The van der Waals surface area contributed by atoms with Crippen molar-refractivity contribution in [2.24, 2.45) is 0 Å². The van der Waals surface area contributed by atoms with Crippen molar-refractivity contribution in [2.45, 2.75) is 38.4 Å². The van der Waals surface area contributed by atoms with Crippen LogP contribution in [0.3, 0.4) is 0 Å². The van der Waals surface area contributed by atoms with Crippen LogP contribution in [-0.4, -0.2) is 29.6 Å². The van der Waals surface area contributed by atoms with Gasteiger partial charge in [-0.05, 0) is 50.6 Å². The standard InChI is InChI=1S/C21H22F3N3O2S/c1-14-10-11-18(12-20(14)21(22,23)24)30(28,29)26(4)13-19-15(2)25-27(16(19)3)17-8-6-5-7-9-17/h5-12H,13H2,1-4H3. The number of hydrogen-bond acceptors (Lipinski definition) is 3. The van der Waals surface area contributed by atoms with Gasteiger partial charge in [0.2, 0.25) is 10.0 Å². The lowest BCUT2D eigenvalue weighted by atomic mass is 10.1. The molecule has 0 unspecified atom stereocenters. The number of aromatic nitrogens is 2. The van der Waals surface area contributed by atoms with Gasteiger partial charge in [-0.2, -0.15) is 22.6 Å². The lowest BCUT2D eigenvalue weighted by Gasteiger charge is -2.19. The molecule has 0 aliphatic carbocycles. The first-order valence-corrected chi connectivity index (χ1v) is 10.6. The third kappa shape index (κ3) is 4.13. The molecular weight excluding hydrogens is 415 g/mol. The average molecular weight is 437 g/mol. The highest BCUT2D eigenvalue weighted by Gasteiger charge is 2.34. The predicted octanol–water partition coefficient (Wildman–Crippen LogP) is 4.64. The van der Waals surface area contributed by atoms with E-state index in [0.29, 0.717) is 17.3 Å². The summed E-state index contributed by atoms with van der Waals surface area (Å²) in [5.74, 6) is 0. The van der Waals surface area contributed by atoms with Crippen molar-refractivity contribution in [3.63, 3.8) is 0 Å². The molecule has 9 heteroatoms. The van der Waals surface area contributed by atoms with Crippen molar-refractivity contribution in [1.82, 2.24) is 14.1 Å². The molecule has 0 amide bonds. The van der Waals surface area contributed by atoms with Gasteiger partial charge in [-0.25, -0.2) is 13.1 Å². The van der Waals surface area contributed by atoms with Crippen molar-refractivity contribution in [3.8, 4) is 5.69 Å². The van der Waals surface area contributed by atoms with E-state index in [4.69, 9.17) is 0 Å². The van der Waals surface area contributed by atoms with E-state index in [1.165, 1.54) is 26.1 Å². The normalized spacial score (nSPS) is 12.5. The van der Waals surface area contributed by atoms with Crippen LogP contribution in [-0.2, 0) is 22.7 Å². The van der Waals surface area contributed by atoms with E-state index >= 15 is 0 Å². The molecule has 0 fully saturated rings. The Balaban J connectivity index is 1.95. The van der Waals surface area contributed by atoms with Crippen LogP contribution in [0.15, 0.2) is 53.4 Å². The zero-order valence-electron chi connectivity index (χ0n) is 17.0. The number of aryl methyl sites for hydroxylation is 2. The van der Waals surface area contributed by atoms with Crippen molar-refractivity contribution in [1.29, 1.82) is 0 Å². The highest BCUT2D eigenvalue weighted by atomic mass is 32.2. The molecule has 3 aromatic rings. The van der Waals surface area contributed by atoms with E-state index in [1.54, 1.807) is 11.6 Å². The minimum absolute atomic E-state index is 0.0118. The fourth-order valence-corrected chi connectivity index (χ4v) is 4.44. The molecule has 0 saturated carbocycles. The van der Waals surface area contributed by atoms with Crippen LogP contribution in [0.1, 0.15) is 28.1 Å². The smallest absolute Gasteiger partial charge is 0.238 e. The molecule has 0 N–H and O–H groups in total. The Morgan fingerprint density at radius 3 is 2.27 bits per heavy atom. The largest absolute Gasteiger partial charge is 0.416 e. The molecule has 0 saturated heterocycles. The number of sulfonamides is 1. The summed E-state index contributed by atoms with van der Waals surface area (Å²) in [6.07, 6.45) is -4.63. The lowest BCUT2D eigenvalue weighted by Crippen LogP contribution is -2.27. The van der Waals surface area contributed by atoms with Crippen LogP contribution >= 0.6 is 0 Å². The Morgan fingerprint density at radius 1 is 1.03 bits per heavy atom. The fourth-order valence-electron chi connectivity index (χ4n) is 3.28. The van der Waals surface area contributed by atoms with Gasteiger partial charge < -0.3 is 0 Å². The van der Waals surface area contributed by atoms with Crippen LogP contribution in [0.2, 0.25) is 0 Å². The van der Waals surface area contributed by atoms with Gasteiger partial charge in [0.1, 0.15) is 0 Å². The summed E-state index contributed by atoms with van der Waals surface area (Å²) in [6, 6.07) is 12.5. The molecule has 1 heterocycles.